The molecule has 0 amide bonds. The highest BCUT2D eigenvalue weighted by atomic mass is 19.3. The fraction of sp³-hybridized carbons (Fsp3) is 0.167. The van der Waals surface area contributed by atoms with Gasteiger partial charge in [0.05, 0.1) is 11.1 Å². The van der Waals surface area contributed by atoms with Gasteiger partial charge in [-0.15, -0.1) is 0 Å². The second-order valence-corrected chi connectivity index (χ2v) is 10.4. The van der Waals surface area contributed by atoms with Crippen molar-refractivity contribution in [2.45, 2.75) is 38.7 Å². The lowest BCUT2D eigenvalue weighted by Gasteiger charge is -2.19. The molecule has 0 atom stereocenters. The maximum Gasteiger partial charge on any atom is 0.429 e. The molecule has 5 rings (SSSR count). The normalized spacial score (nSPS) is 11.5. The van der Waals surface area contributed by atoms with Gasteiger partial charge in [-0.05, 0) is 82.6 Å². The molecule has 0 unspecified atom stereocenters. The van der Waals surface area contributed by atoms with Crippen molar-refractivity contribution in [3.8, 4) is 39.1 Å². The summed E-state index contributed by atoms with van der Waals surface area (Å²) >= 11 is 0. The first kappa shape index (κ1) is 30.9. The number of hydrogen-bond acceptors (Lipinski definition) is 1. The zero-order valence-corrected chi connectivity index (χ0v) is 23.6. The molecule has 0 fully saturated rings. The Morgan fingerprint density at radius 3 is 1.70 bits per heavy atom. The van der Waals surface area contributed by atoms with Gasteiger partial charge < -0.3 is 4.74 Å². The highest BCUT2D eigenvalue weighted by Gasteiger charge is 2.38. The maximum atomic E-state index is 15.2. The molecule has 0 radical (unpaired) electrons. The molecule has 0 heterocycles. The second-order valence-electron chi connectivity index (χ2n) is 10.4. The summed E-state index contributed by atoms with van der Waals surface area (Å²) in [6.07, 6.45) is 0.112. The molecule has 0 saturated carbocycles. The highest BCUT2D eigenvalue weighted by Crippen LogP contribution is 2.36. The van der Waals surface area contributed by atoms with Crippen LogP contribution in [-0.2, 0) is 12.5 Å². The van der Waals surface area contributed by atoms with Crippen LogP contribution >= 0.6 is 0 Å². The van der Waals surface area contributed by atoms with Crippen LogP contribution in [0.25, 0.3) is 33.4 Å². The number of benzene rings is 5. The van der Waals surface area contributed by atoms with Crippen LogP contribution in [-0.4, -0.2) is 0 Å². The molecular weight excluding hydrogens is 581 g/mol. The van der Waals surface area contributed by atoms with E-state index in [4.69, 9.17) is 0 Å². The quantitative estimate of drug-likeness (QED) is 0.113. The molecule has 0 aliphatic rings. The summed E-state index contributed by atoms with van der Waals surface area (Å²) in [5.41, 5.74) is 1.78. The Balaban J connectivity index is 1.33. The molecule has 44 heavy (non-hydrogen) atoms. The number of ether oxygens (including phenoxy) is 1. The van der Waals surface area contributed by atoms with Gasteiger partial charge in [-0.1, -0.05) is 74.4 Å². The third-order valence-corrected chi connectivity index (χ3v) is 7.33. The molecule has 0 N–H and O–H groups in total. The van der Waals surface area contributed by atoms with Crippen LogP contribution in [0.2, 0.25) is 0 Å². The minimum absolute atomic E-state index is 0.218. The summed E-state index contributed by atoms with van der Waals surface area (Å²) < 4.78 is 105. The van der Waals surface area contributed by atoms with Gasteiger partial charge in [0.15, 0.2) is 11.6 Å². The third-order valence-electron chi connectivity index (χ3n) is 7.33. The maximum absolute atomic E-state index is 15.2. The van der Waals surface area contributed by atoms with Gasteiger partial charge in [-0.3, -0.25) is 0 Å². The molecular formula is C36H27F7O. The van der Waals surface area contributed by atoms with Crippen LogP contribution in [0.5, 0.6) is 5.75 Å². The van der Waals surface area contributed by atoms with Crippen molar-refractivity contribution >= 4 is 0 Å². The first-order valence-electron chi connectivity index (χ1n) is 14.1. The average molecular weight is 609 g/mol. The van der Waals surface area contributed by atoms with E-state index in [1.807, 2.05) is 24.3 Å². The molecule has 5 aromatic rings. The van der Waals surface area contributed by atoms with E-state index in [2.05, 4.69) is 11.7 Å². The lowest BCUT2D eigenvalue weighted by atomic mass is 9.96. The Morgan fingerprint density at radius 1 is 0.523 bits per heavy atom. The Morgan fingerprint density at radius 2 is 1.09 bits per heavy atom. The van der Waals surface area contributed by atoms with Crippen LogP contribution in [0.3, 0.4) is 0 Å². The number of rotatable bonds is 10. The van der Waals surface area contributed by atoms with E-state index in [1.54, 1.807) is 0 Å². The molecule has 0 aromatic heterocycles. The van der Waals surface area contributed by atoms with Gasteiger partial charge in [0.2, 0.25) is 0 Å². The number of halogens is 7. The molecule has 0 bridgehead atoms. The highest BCUT2D eigenvalue weighted by molar-refractivity contribution is 5.74. The Hall–Kier alpha value is -4.59. The smallest absolute Gasteiger partial charge is 0.429 e. The van der Waals surface area contributed by atoms with E-state index >= 15 is 8.78 Å². The summed E-state index contributed by atoms with van der Waals surface area (Å²) in [6, 6.07) is 20.8. The Kier molecular flexibility index (Phi) is 9.09. The summed E-state index contributed by atoms with van der Waals surface area (Å²) in [7, 11) is 0. The number of unbranched alkanes of at least 4 members (excludes halogenated alkanes) is 2. The lowest BCUT2D eigenvalue weighted by molar-refractivity contribution is -0.187. The summed E-state index contributed by atoms with van der Waals surface area (Å²) in [5, 5.41) is 0. The van der Waals surface area contributed by atoms with Crippen molar-refractivity contribution in [1.29, 1.82) is 0 Å². The minimum Gasteiger partial charge on any atom is -0.429 e. The number of hydrogen-bond donors (Lipinski definition) is 0. The fourth-order valence-corrected chi connectivity index (χ4v) is 4.96. The molecule has 1 nitrogen and oxygen atoms in total. The van der Waals surface area contributed by atoms with Gasteiger partial charge >= 0.3 is 6.11 Å². The molecule has 8 heteroatoms. The Labute approximate surface area is 250 Å². The third kappa shape index (κ3) is 6.80. The fourth-order valence-electron chi connectivity index (χ4n) is 4.96. The van der Waals surface area contributed by atoms with Crippen LogP contribution in [0, 0.1) is 29.1 Å². The molecule has 5 aromatic carbocycles. The van der Waals surface area contributed by atoms with Gasteiger partial charge in [0.25, 0.3) is 0 Å². The second kappa shape index (κ2) is 13.0. The van der Waals surface area contributed by atoms with Gasteiger partial charge in [0, 0.05) is 6.07 Å². The van der Waals surface area contributed by atoms with E-state index in [0.717, 1.165) is 49.4 Å². The van der Waals surface area contributed by atoms with Crippen molar-refractivity contribution in [1.82, 2.24) is 0 Å². The van der Waals surface area contributed by atoms with Crippen LogP contribution in [0.1, 0.15) is 37.3 Å². The van der Waals surface area contributed by atoms with Crippen molar-refractivity contribution < 1.29 is 35.5 Å². The summed E-state index contributed by atoms with van der Waals surface area (Å²) in [5.74, 6) is -6.13. The predicted molar refractivity (Wildman–Crippen MR) is 157 cm³/mol. The average Bonchev–Trinajstić information content (AvgIpc) is 2.99. The first-order chi connectivity index (χ1) is 21.1. The predicted octanol–water partition coefficient (Wildman–Crippen LogP) is 11.2. The summed E-state index contributed by atoms with van der Waals surface area (Å²) in [6.45, 7) is 2.14. The van der Waals surface area contributed by atoms with Gasteiger partial charge in [-0.25, -0.2) is 22.0 Å². The van der Waals surface area contributed by atoms with Gasteiger partial charge in [-0.2, -0.15) is 8.78 Å². The van der Waals surface area contributed by atoms with Crippen molar-refractivity contribution in [2.24, 2.45) is 0 Å². The number of alkyl halides is 2. The molecule has 0 aliphatic carbocycles. The zero-order chi connectivity index (χ0) is 31.4. The van der Waals surface area contributed by atoms with E-state index in [9.17, 15) is 22.0 Å². The van der Waals surface area contributed by atoms with E-state index in [0.29, 0.717) is 28.8 Å². The SMILES string of the molecule is CCCCCc1ccc(-c2cc(F)c(-c3ccc(-c4ccc(C(F)(F)Oc5ccc(F)c(F)c5)c(F)c4)cc3)c(F)c2)cc1. The Bertz CT molecular complexity index is 1740. The van der Waals surface area contributed by atoms with Crippen molar-refractivity contribution in [2.75, 3.05) is 0 Å². The standard InChI is InChI=1S/C36H27F7O/c1-2-3-4-5-22-6-8-24(9-7-22)27-19-33(40)35(34(41)20-27)25-12-10-23(11-13-25)26-14-16-29(31(38)18-26)36(42,43)44-28-15-17-30(37)32(39)21-28/h6-21H,2-5H2,1H3. The van der Waals surface area contributed by atoms with E-state index < -0.39 is 46.5 Å². The number of aryl methyl sites for hydroxylation is 1. The summed E-state index contributed by atoms with van der Waals surface area (Å²) in [4.78, 5) is 0. The van der Waals surface area contributed by atoms with Crippen LogP contribution in [0.15, 0.2) is 97.1 Å². The van der Waals surface area contributed by atoms with Crippen molar-refractivity contribution in [3.05, 3.63) is 137 Å². The molecule has 0 aliphatic heterocycles. The minimum atomic E-state index is -4.19. The van der Waals surface area contributed by atoms with Crippen LogP contribution in [0.4, 0.5) is 30.7 Å². The molecule has 0 saturated heterocycles. The monoisotopic (exact) mass is 608 g/mol. The lowest BCUT2D eigenvalue weighted by Crippen LogP contribution is -2.23. The molecule has 226 valence electrons. The molecule has 0 spiro atoms. The largest absolute Gasteiger partial charge is 0.429 e. The van der Waals surface area contributed by atoms with E-state index in [-0.39, 0.29) is 16.7 Å². The van der Waals surface area contributed by atoms with Crippen molar-refractivity contribution in [3.63, 3.8) is 0 Å². The van der Waals surface area contributed by atoms with Crippen LogP contribution < -0.4 is 4.74 Å². The topological polar surface area (TPSA) is 9.23 Å². The zero-order valence-electron chi connectivity index (χ0n) is 23.6. The van der Waals surface area contributed by atoms with Gasteiger partial charge in [0.1, 0.15) is 23.2 Å². The first-order valence-corrected chi connectivity index (χ1v) is 14.1. The van der Waals surface area contributed by atoms with E-state index in [1.165, 1.54) is 42.5 Å².